The van der Waals surface area contributed by atoms with Crippen LogP contribution in [0.3, 0.4) is 0 Å². The van der Waals surface area contributed by atoms with Crippen LogP contribution in [0, 0.1) is 0 Å². The lowest BCUT2D eigenvalue weighted by Gasteiger charge is -2.09. The number of hydrogen-bond donors (Lipinski definition) is 2. The highest BCUT2D eigenvalue weighted by Crippen LogP contribution is 2.29. The molecule has 3 aromatic rings. The number of carbonyl (C=O) groups is 1. The largest absolute Gasteiger partial charge is 0.340 e. The summed E-state index contributed by atoms with van der Waals surface area (Å²) < 4.78 is 0. The van der Waals surface area contributed by atoms with E-state index in [4.69, 9.17) is 23.2 Å². The Hall–Kier alpha value is -2.63. The Bertz CT molecular complexity index is 871. The van der Waals surface area contributed by atoms with Crippen molar-refractivity contribution in [2.24, 2.45) is 0 Å². The highest BCUT2D eigenvalue weighted by Gasteiger charge is 2.12. The molecule has 0 atom stereocenters. The van der Waals surface area contributed by atoms with Gasteiger partial charge in [-0.25, -0.2) is 9.97 Å². The highest BCUT2D eigenvalue weighted by molar-refractivity contribution is 6.44. The summed E-state index contributed by atoms with van der Waals surface area (Å²) in [6.45, 7) is 0. The molecular weight excluding hydrogens is 347 g/mol. The van der Waals surface area contributed by atoms with Gasteiger partial charge in [0.1, 0.15) is 17.8 Å². The molecule has 3 rings (SSSR count). The van der Waals surface area contributed by atoms with E-state index in [2.05, 4.69) is 20.6 Å². The summed E-state index contributed by atoms with van der Waals surface area (Å²) in [4.78, 5) is 20.4. The van der Waals surface area contributed by atoms with Crippen molar-refractivity contribution in [3.05, 3.63) is 76.7 Å². The number of rotatable bonds is 4. The van der Waals surface area contributed by atoms with Gasteiger partial charge in [-0.05, 0) is 24.3 Å². The van der Waals surface area contributed by atoms with Crippen LogP contribution in [0.2, 0.25) is 10.0 Å². The third-order valence-corrected chi connectivity index (χ3v) is 3.96. The number of halogens is 2. The van der Waals surface area contributed by atoms with Crippen LogP contribution < -0.4 is 10.6 Å². The van der Waals surface area contributed by atoms with Crippen molar-refractivity contribution in [1.82, 2.24) is 9.97 Å². The zero-order valence-corrected chi connectivity index (χ0v) is 13.8. The molecule has 0 aliphatic rings. The Kier molecular flexibility index (Phi) is 4.93. The topological polar surface area (TPSA) is 66.9 Å². The van der Waals surface area contributed by atoms with Crippen LogP contribution in [0.1, 0.15) is 10.5 Å². The standard InChI is InChI=1S/C17H12Cl2N4O/c18-12-7-4-8-13(16(12)19)23-17(24)14-9-15(21-10-20-14)22-11-5-2-1-3-6-11/h1-10H,(H,23,24)(H,20,21,22). The van der Waals surface area contributed by atoms with E-state index in [0.717, 1.165) is 5.69 Å². The van der Waals surface area contributed by atoms with Crippen molar-refractivity contribution < 1.29 is 4.79 Å². The quantitative estimate of drug-likeness (QED) is 0.704. The van der Waals surface area contributed by atoms with Crippen molar-refractivity contribution in [2.75, 3.05) is 10.6 Å². The molecule has 120 valence electrons. The fourth-order valence-electron chi connectivity index (χ4n) is 2.01. The molecule has 1 amide bonds. The van der Waals surface area contributed by atoms with E-state index in [0.29, 0.717) is 16.5 Å². The Morgan fingerprint density at radius 2 is 1.75 bits per heavy atom. The predicted molar refractivity (Wildman–Crippen MR) is 96.2 cm³/mol. The van der Waals surface area contributed by atoms with E-state index in [1.54, 1.807) is 24.3 Å². The van der Waals surface area contributed by atoms with Crippen molar-refractivity contribution in [3.8, 4) is 0 Å². The maximum Gasteiger partial charge on any atom is 0.274 e. The molecule has 7 heteroatoms. The first kappa shape index (κ1) is 16.2. The Morgan fingerprint density at radius 1 is 0.958 bits per heavy atom. The zero-order chi connectivity index (χ0) is 16.9. The number of nitrogens with zero attached hydrogens (tertiary/aromatic N) is 2. The number of anilines is 3. The van der Waals surface area contributed by atoms with Crippen LogP contribution in [0.15, 0.2) is 60.9 Å². The zero-order valence-electron chi connectivity index (χ0n) is 12.3. The monoisotopic (exact) mass is 358 g/mol. The summed E-state index contributed by atoms with van der Waals surface area (Å²) in [7, 11) is 0. The van der Waals surface area contributed by atoms with Crippen LogP contribution in [0.5, 0.6) is 0 Å². The van der Waals surface area contributed by atoms with Gasteiger partial charge in [0.05, 0.1) is 15.7 Å². The van der Waals surface area contributed by atoms with Gasteiger partial charge in [0.25, 0.3) is 5.91 Å². The van der Waals surface area contributed by atoms with Gasteiger partial charge in [-0.1, -0.05) is 47.5 Å². The molecule has 1 aromatic heterocycles. The van der Waals surface area contributed by atoms with Gasteiger partial charge in [0.2, 0.25) is 0 Å². The fraction of sp³-hybridized carbons (Fsp3) is 0. The molecule has 0 bridgehead atoms. The number of carbonyl (C=O) groups excluding carboxylic acids is 1. The lowest BCUT2D eigenvalue weighted by atomic mass is 10.3. The first-order valence-electron chi connectivity index (χ1n) is 7.03. The van der Waals surface area contributed by atoms with E-state index >= 15 is 0 Å². The molecule has 0 spiro atoms. The minimum Gasteiger partial charge on any atom is -0.340 e. The number of benzene rings is 2. The van der Waals surface area contributed by atoms with E-state index in [1.165, 1.54) is 6.33 Å². The highest BCUT2D eigenvalue weighted by atomic mass is 35.5. The second-order valence-corrected chi connectivity index (χ2v) is 5.62. The SMILES string of the molecule is O=C(Nc1cccc(Cl)c1Cl)c1cc(Nc2ccccc2)ncn1. The van der Waals surface area contributed by atoms with Crippen LogP contribution in [-0.4, -0.2) is 15.9 Å². The summed E-state index contributed by atoms with van der Waals surface area (Å²) in [5, 5.41) is 6.44. The summed E-state index contributed by atoms with van der Waals surface area (Å²) >= 11 is 12.0. The minimum absolute atomic E-state index is 0.208. The first-order valence-corrected chi connectivity index (χ1v) is 7.78. The molecule has 0 saturated carbocycles. The van der Waals surface area contributed by atoms with Crippen molar-refractivity contribution in [1.29, 1.82) is 0 Å². The molecule has 24 heavy (non-hydrogen) atoms. The molecule has 2 aromatic carbocycles. The third-order valence-electron chi connectivity index (χ3n) is 3.15. The molecule has 0 aliphatic carbocycles. The van der Waals surface area contributed by atoms with Gasteiger partial charge in [0, 0.05) is 11.8 Å². The van der Waals surface area contributed by atoms with Gasteiger partial charge >= 0.3 is 0 Å². The van der Waals surface area contributed by atoms with E-state index in [9.17, 15) is 4.79 Å². The molecule has 2 N–H and O–H groups in total. The smallest absolute Gasteiger partial charge is 0.274 e. The van der Waals surface area contributed by atoms with Gasteiger partial charge in [0.15, 0.2) is 0 Å². The number of nitrogens with one attached hydrogen (secondary N) is 2. The molecule has 0 radical (unpaired) electrons. The Morgan fingerprint density at radius 3 is 2.54 bits per heavy atom. The van der Waals surface area contributed by atoms with Gasteiger partial charge in [-0.15, -0.1) is 0 Å². The lowest BCUT2D eigenvalue weighted by Crippen LogP contribution is -2.14. The number of para-hydroxylation sites is 1. The predicted octanol–water partition coefficient (Wildman–Crippen LogP) is 4.78. The minimum atomic E-state index is -0.405. The average molecular weight is 359 g/mol. The molecule has 0 saturated heterocycles. The molecule has 0 unspecified atom stereocenters. The van der Waals surface area contributed by atoms with E-state index < -0.39 is 5.91 Å². The molecule has 0 aliphatic heterocycles. The normalized spacial score (nSPS) is 10.2. The van der Waals surface area contributed by atoms with Crippen LogP contribution >= 0.6 is 23.2 Å². The molecule has 1 heterocycles. The summed E-state index contributed by atoms with van der Waals surface area (Å²) in [6.07, 6.45) is 1.32. The molecular formula is C17H12Cl2N4O. The second kappa shape index (κ2) is 7.29. The van der Waals surface area contributed by atoms with Crippen molar-refractivity contribution in [2.45, 2.75) is 0 Å². The van der Waals surface area contributed by atoms with E-state index in [1.807, 2.05) is 30.3 Å². The number of hydrogen-bond acceptors (Lipinski definition) is 4. The van der Waals surface area contributed by atoms with Crippen molar-refractivity contribution in [3.63, 3.8) is 0 Å². The lowest BCUT2D eigenvalue weighted by molar-refractivity contribution is 0.102. The van der Waals surface area contributed by atoms with Crippen LogP contribution in [0.25, 0.3) is 0 Å². The molecule has 0 fully saturated rings. The van der Waals surface area contributed by atoms with Crippen molar-refractivity contribution >= 4 is 46.3 Å². The van der Waals surface area contributed by atoms with Crippen LogP contribution in [0.4, 0.5) is 17.2 Å². The van der Waals surface area contributed by atoms with Gasteiger partial charge in [-0.3, -0.25) is 4.79 Å². The number of aromatic nitrogens is 2. The maximum atomic E-state index is 12.4. The van der Waals surface area contributed by atoms with Crippen LogP contribution in [-0.2, 0) is 0 Å². The fourth-order valence-corrected chi connectivity index (χ4v) is 2.35. The first-order chi connectivity index (χ1) is 11.6. The Balaban J connectivity index is 1.78. The summed E-state index contributed by atoms with van der Waals surface area (Å²) in [5.41, 5.74) is 1.49. The molecule has 5 nitrogen and oxygen atoms in total. The number of amides is 1. The van der Waals surface area contributed by atoms with Gasteiger partial charge < -0.3 is 10.6 Å². The third kappa shape index (κ3) is 3.82. The summed E-state index contributed by atoms with van der Waals surface area (Å²) in [5.74, 6) is 0.108. The Labute approximate surface area is 148 Å². The maximum absolute atomic E-state index is 12.4. The second-order valence-electron chi connectivity index (χ2n) is 4.84. The van der Waals surface area contributed by atoms with E-state index in [-0.39, 0.29) is 10.7 Å². The summed E-state index contributed by atoms with van der Waals surface area (Å²) in [6, 6.07) is 16.1. The average Bonchev–Trinajstić information content (AvgIpc) is 2.60. The van der Waals surface area contributed by atoms with Gasteiger partial charge in [-0.2, -0.15) is 0 Å².